The van der Waals surface area contributed by atoms with Gasteiger partial charge in [-0.15, -0.1) is 0 Å². The second-order valence-electron chi connectivity index (χ2n) is 5.89. The molecule has 3 rings (SSSR count). The van der Waals surface area contributed by atoms with Gasteiger partial charge in [0, 0.05) is 18.5 Å². The van der Waals surface area contributed by atoms with Crippen LogP contribution in [0, 0.1) is 5.92 Å². The molecule has 1 unspecified atom stereocenters. The Morgan fingerprint density at radius 2 is 2.13 bits per heavy atom. The standard InChI is InChI=1S/C16H19NO5S/c1-11-5-4-8-17(10-11)23(19,20)14-9-12-6-3-7-13(21-2)15(12)22-16(14)18/h3,6-7,9,11H,4-5,8,10H2,1-2H3. The molecule has 124 valence electrons. The molecule has 2 aromatic rings. The lowest BCUT2D eigenvalue weighted by Crippen LogP contribution is -2.40. The second kappa shape index (κ2) is 5.98. The zero-order valence-electron chi connectivity index (χ0n) is 13.1. The number of methoxy groups -OCH3 is 1. The highest BCUT2D eigenvalue weighted by molar-refractivity contribution is 7.89. The third kappa shape index (κ3) is 2.86. The second-order valence-corrected chi connectivity index (χ2v) is 7.79. The van der Waals surface area contributed by atoms with Crippen LogP contribution >= 0.6 is 0 Å². The van der Waals surface area contributed by atoms with Crippen molar-refractivity contribution in [2.24, 2.45) is 5.92 Å². The van der Waals surface area contributed by atoms with Crippen molar-refractivity contribution in [3.8, 4) is 5.75 Å². The van der Waals surface area contributed by atoms with Crippen LogP contribution in [0.4, 0.5) is 0 Å². The molecule has 0 spiro atoms. The number of nitrogens with zero attached hydrogens (tertiary/aromatic N) is 1. The van der Waals surface area contributed by atoms with Gasteiger partial charge in [-0.25, -0.2) is 13.2 Å². The van der Waals surface area contributed by atoms with E-state index in [-0.39, 0.29) is 16.4 Å². The summed E-state index contributed by atoms with van der Waals surface area (Å²) in [5.74, 6) is 0.682. The van der Waals surface area contributed by atoms with Crippen molar-refractivity contribution in [2.45, 2.75) is 24.7 Å². The lowest BCUT2D eigenvalue weighted by molar-refractivity contribution is 0.280. The van der Waals surface area contributed by atoms with Crippen LogP contribution in [0.15, 0.2) is 38.4 Å². The summed E-state index contributed by atoms with van der Waals surface area (Å²) in [6, 6.07) is 6.45. The SMILES string of the molecule is COc1cccc2cc(S(=O)(=O)N3CCCC(C)C3)c(=O)oc12. The largest absolute Gasteiger partial charge is 0.493 e. The van der Waals surface area contributed by atoms with E-state index in [1.807, 2.05) is 6.92 Å². The van der Waals surface area contributed by atoms with Gasteiger partial charge in [-0.1, -0.05) is 19.1 Å². The molecule has 6 nitrogen and oxygen atoms in total. The third-order valence-corrected chi connectivity index (χ3v) is 6.00. The first-order valence-corrected chi connectivity index (χ1v) is 8.98. The van der Waals surface area contributed by atoms with Gasteiger partial charge in [0.2, 0.25) is 10.0 Å². The molecule has 2 heterocycles. The molecule has 1 aromatic carbocycles. The lowest BCUT2D eigenvalue weighted by atomic mass is 10.0. The van der Waals surface area contributed by atoms with Crippen LogP contribution in [0.25, 0.3) is 11.0 Å². The fraction of sp³-hybridized carbons (Fsp3) is 0.438. The van der Waals surface area contributed by atoms with Gasteiger partial charge in [-0.2, -0.15) is 4.31 Å². The minimum Gasteiger partial charge on any atom is -0.493 e. The summed E-state index contributed by atoms with van der Waals surface area (Å²) in [5, 5.41) is 0.521. The molecular weight excluding hydrogens is 318 g/mol. The van der Waals surface area contributed by atoms with Crippen molar-refractivity contribution >= 4 is 21.0 Å². The molecule has 0 N–H and O–H groups in total. The van der Waals surface area contributed by atoms with E-state index in [4.69, 9.17) is 9.15 Å². The maximum Gasteiger partial charge on any atom is 0.356 e. The van der Waals surface area contributed by atoms with Gasteiger partial charge in [0.05, 0.1) is 7.11 Å². The zero-order valence-corrected chi connectivity index (χ0v) is 13.9. The predicted molar refractivity (Wildman–Crippen MR) is 86.2 cm³/mol. The third-order valence-electron chi connectivity index (χ3n) is 4.15. The molecule has 0 bridgehead atoms. The minimum absolute atomic E-state index is 0.256. The highest BCUT2D eigenvalue weighted by atomic mass is 32.2. The average molecular weight is 337 g/mol. The number of ether oxygens (including phenoxy) is 1. The van der Waals surface area contributed by atoms with E-state index in [1.165, 1.54) is 17.5 Å². The van der Waals surface area contributed by atoms with Gasteiger partial charge in [0.15, 0.2) is 16.2 Å². The molecule has 1 aromatic heterocycles. The average Bonchev–Trinajstić information content (AvgIpc) is 2.53. The normalized spacial score (nSPS) is 19.8. The Balaban J connectivity index is 2.12. The topological polar surface area (TPSA) is 76.8 Å². The molecule has 0 aliphatic carbocycles. The van der Waals surface area contributed by atoms with Crippen molar-refractivity contribution in [3.63, 3.8) is 0 Å². The van der Waals surface area contributed by atoms with E-state index in [1.54, 1.807) is 18.2 Å². The molecule has 0 radical (unpaired) electrons. The lowest BCUT2D eigenvalue weighted by Gasteiger charge is -2.29. The summed E-state index contributed by atoms with van der Waals surface area (Å²) in [4.78, 5) is 11.9. The van der Waals surface area contributed by atoms with Crippen molar-refractivity contribution in [3.05, 3.63) is 34.7 Å². The van der Waals surface area contributed by atoms with Crippen molar-refractivity contribution in [1.82, 2.24) is 4.31 Å². The number of hydrogen-bond acceptors (Lipinski definition) is 5. The van der Waals surface area contributed by atoms with E-state index in [9.17, 15) is 13.2 Å². The molecule has 0 amide bonds. The summed E-state index contributed by atoms with van der Waals surface area (Å²) in [6.45, 7) is 2.87. The van der Waals surface area contributed by atoms with Crippen molar-refractivity contribution in [1.29, 1.82) is 0 Å². The van der Waals surface area contributed by atoms with Crippen LogP contribution in [-0.4, -0.2) is 32.9 Å². The molecule has 1 atom stereocenters. The molecule has 1 aliphatic rings. The van der Waals surface area contributed by atoms with Crippen LogP contribution in [0.5, 0.6) is 5.75 Å². The monoisotopic (exact) mass is 337 g/mol. The highest BCUT2D eigenvalue weighted by Gasteiger charge is 2.31. The van der Waals surface area contributed by atoms with E-state index in [2.05, 4.69) is 0 Å². The van der Waals surface area contributed by atoms with E-state index >= 15 is 0 Å². The summed E-state index contributed by atoms with van der Waals surface area (Å²) < 4.78 is 37.3. The predicted octanol–water partition coefficient (Wildman–Crippen LogP) is 2.22. The molecule has 0 saturated carbocycles. The Morgan fingerprint density at radius 1 is 1.35 bits per heavy atom. The van der Waals surface area contributed by atoms with Gasteiger partial charge in [-0.05, 0) is 30.9 Å². The number of fused-ring (bicyclic) bond motifs is 1. The maximum atomic E-state index is 12.8. The summed E-state index contributed by atoms with van der Waals surface area (Å²) >= 11 is 0. The fourth-order valence-corrected chi connectivity index (χ4v) is 4.57. The van der Waals surface area contributed by atoms with E-state index < -0.39 is 15.6 Å². The Hall–Kier alpha value is -1.86. The Morgan fingerprint density at radius 3 is 2.83 bits per heavy atom. The number of hydrogen-bond donors (Lipinski definition) is 0. The molecule has 7 heteroatoms. The Kier molecular flexibility index (Phi) is 4.16. The maximum absolute atomic E-state index is 12.8. The first-order chi connectivity index (χ1) is 10.9. The number of piperidine rings is 1. The number of rotatable bonds is 3. The number of sulfonamides is 1. The molecule has 1 aliphatic heterocycles. The van der Waals surface area contributed by atoms with Gasteiger partial charge in [0.25, 0.3) is 0 Å². The van der Waals surface area contributed by atoms with Crippen LogP contribution in [-0.2, 0) is 10.0 Å². The number of para-hydroxylation sites is 1. The molecule has 23 heavy (non-hydrogen) atoms. The van der Waals surface area contributed by atoms with Crippen LogP contribution in [0.2, 0.25) is 0 Å². The molecular formula is C16H19NO5S. The first kappa shape index (κ1) is 16.0. The van der Waals surface area contributed by atoms with Crippen LogP contribution in [0.1, 0.15) is 19.8 Å². The summed E-state index contributed by atoms with van der Waals surface area (Å²) in [6.07, 6.45) is 1.79. The first-order valence-electron chi connectivity index (χ1n) is 7.54. The smallest absolute Gasteiger partial charge is 0.356 e. The molecule has 1 fully saturated rings. The quantitative estimate of drug-likeness (QED) is 0.803. The Bertz CT molecular complexity index is 887. The van der Waals surface area contributed by atoms with E-state index in [0.717, 1.165) is 12.8 Å². The molecule has 1 saturated heterocycles. The summed E-state index contributed by atoms with van der Waals surface area (Å²) in [5.41, 5.74) is -0.605. The highest BCUT2D eigenvalue weighted by Crippen LogP contribution is 2.27. The van der Waals surface area contributed by atoms with Gasteiger partial charge in [0.1, 0.15) is 0 Å². The fourth-order valence-electron chi connectivity index (χ4n) is 2.94. The van der Waals surface area contributed by atoms with E-state index in [0.29, 0.717) is 24.2 Å². The van der Waals surface area contributed by atoms with Gasteiger partial charge >= 0.3 is 5.63 Å². The van der Waals surface area contributed by atoms with Gasteiger partial charge < -0.3 is 9.15 Å². The zero-order chi connectivity index (χ0) is 16.6. The van der Waals surface area contributed by atoms with Crippen molar-refractivity contribution in [2.75, 3.05) is 20.2 Å². The number of benzene rings is 1. The van der Waals surface area contributed by atoms with Crippen LogP contribution in [0.3, 0.4) is 0 Å². The van der Waals surface area contributed by atoms with Gasteiger partial charge in [-0.3, -0.25) is 0 Å². The summed E-state index contributed by atoms with van der Waals surface area (Å²) in [7, 11) is -2.38. The Labute approximate surface area is 134 Å². The minimum atomic E-state index is -3.85. The van der Waals surface area contributed by atoms with Crippen LogP contribution < -0.4 is 10.4 Å². The van der Waals surface area contributed by atoms with Crippen molar-refractivity contribution < 1.29 is 17.6 Å².